The summed E-state index contributed by atoms with van der Waals surface area (Å²) in [5.41, 5.74) is 0. The van der Waals surface area contributed by atoms with Gasteiger partial charge in [0.1, 0.15) is 6.61 Å². The molecule has 0 heterocycles. The summed E-state index contributed by atoms with van der Waals surface area (Å²) < 4.78 is 33.1. The maximum absolute atomic E-state index is 12.6. The number of hydrogen-bond donors (Lipinski definition) is 2. The summed E-state index contributed by atoms with van der Waals surface area (Å²) in [7, 11) is -2.66. The number of esters is 2. The molecule has 0 saturated carbocycles. The first kappa shape index (κ1) is 50.0. The van der Waals surface area contributed by atoms with Crippen LogP contribution in [0.1, 0.15) is 168 Å². The number of phosphoric acid groups is 1. The van der Waals surface area contributed by atoms with Crippen LogP contribution in [0.2, 0.25) is 0 Å². The maximum atomic E-state index is 12.6. The Bertz CT molecular complexity index is 996. The fraction of sp³-hybridized carbons (Fsp3) is 0.762. The number of carbonyl (C=O) groups excluding carboxylic acids is 2. The third-order valence-electron chi connectivity index (χ3n) is 8.42. The standard InChI is InChI=1S/C42H76NO8P/c1-4-6-8-10-12-14-16-18-20-22-24-26-28-30-32-34-41(44)48-38-40(39-50-52(46,47)49-37-36-43-3)51-42(45)35-33-31-29-27-25-23-21-19-17-15-13-11-9-7-5-2/h12,14,18-21,24,26,40,43H,4-11,13,15-17,22-23,25,27-39H2,1-3H3,(H,46,47)/b14-12-,20-18-,21-19-,26-24-. The molecular formula is C42H76NO8P. The summed E-state index contributed by atoms with van der Waals surface area (Å²) in [5, 5.41) is 2.81. The van der Waals surface area contributed by atoms with Crippen LogP contribution in [0.4, 0.5) is 0 Å². The lowest BCUT2D eigenvalue weighted by Crippen LogP contribution is -2.29. The zero-order chi connectivity index (χ0) is 38.2. The van der Waals surface area contributed by atoms with Crippen molar-refractivity contribution >= 4 is 19.8 Å². The summed E-state index contributed by atoms with van der Waals surface area (Å²) in [5.74, 6) is -0.864. The second kappa shape index (κ2) is 38.7. The van der Waals surface area contributed by atoms with Gasteiger partial charge < -0.3 is 19.7 Å². The Morgan fingerprint density at radius 3 is 1.63 bits per heavy atom. The average molecular weight is 754 g/mol. The Hall–Kier alpha value is -2.03. The number of unbranched alkanes of at least 4 members (excludes halogenated alkanes) is 16. The lowest BCUT2D eigenvalue weighted by Gasteiger charge is -2.20. The molecule has 0 aliphatic carbocycles. The first-order valence-corrected chi connectivity index (χ1v) is 22.1. The van der Waals surface area contributed by atoms with E-state index in [0.717, 1.165) is 64.2 Å². The van der Waals surface area contributed by atoms with Crippen molar-refractivity contribution in [2.24, 2.45) is 0 Å². The molecule has 0 rings (SSSR count). The highest BCUT2D eigenvalue weighted by Crippen LogP contribution is 2.43. The van der Waals surface area contributed by atoms with Gasteiger partial charge in [-0.3, -0.25) is 18.6 Å². The number of ether oxygens (including phenoxy) is 2. The van der Waals surface area contributed by atoms with Crippen molar-refractivity contribution in [2.45, 2.75) is 174 Å². The van der Waals surface area contributed by atoms with E-state index in [-0.39, 0.29) is 26.1 Å². The highest BCUT2D eigenvalue weighted by molar-refractivity contribution is 7.47. The van der Waals surface area contributed by atoms with Gasteiger partial charge in [-0.1, -0.05) is 127 Å². The average Bonchev–Trinajstić information content (AvgIpc) is 3.12. The SMILES string of the molecule is CCCCC/C=C\C/C=C\C/C=C\CCCCC(=O)OCC(COP(=O)(O)OCCNC)OC(=O)CCCCCCC/C=C\CCCCCCCC. The molecule has 0 aromatic carbocycles. The third-order valence-corrected chi connectivity index (χ3v) is 9.41. The van der Waals surface area contributed by atoms with Crippen LogP contribution in [-0.4, -0.2) is 56.3 Å². The lowest BCUT2D eigenvalue weighted by atomic mass is 10.1. The number of phosphoric ester groups is 1. The largest absolute Gasteiger partial charge is 0.472 e. The molecule has 0 aromatic heterocycles. The normalized spacial score (nSPS) is 13.8. The van der Waals surface area contributed by atoms with Crippen molar-refractivity contribution in [2.75, 3.05) is 33.4 Å². The van der Waals surface area contributed by atoms with E-state index in [1.54, 1.807) is 7.05 Å². The van der Waals surface area contributed by atoms with Crippen LogP contribution >= 0.6 is 7.82 Å². The Labute approximate surface area is 318 Å². The van der Waals surface area contributed by atoms with Gasteiger partial charge in [-0.2, -0.15) is 0 Å². The molecule has 2 unspecified atom stereocenters. The Morgan fingerprint density at radius 1 is 0.596 bits per heavy atom. The predicted molar refractivity (Wildman–Crippen MR) is 215 cm³/mol. The topological polar surface area (TPSA) is 120 Å². The molecule has 0 fully saturated rings. The number of hydrogen-bond acceptors (Lipinski definition) is 8. The number of likely N-dealkylation sites (N-methyl/N-ethyl adjacent to an activating group) is 1. The van der Waals surface area contributed by atoms with E-state index in [0.29, 0.717) is 19.4 Å². The summed E-state index contributed by atoms with van der Waals surface area (Å²) >= 11 is 0. The highest BCUT2D eigenvalue weighted by Gasteiger charge is 2.26. The molecule has 0 aliphatic rings. The third kappa shape index (κ3) is 37.7. The van der Waals surface area contributed by atoms with E-state index < -0.39 is 32.5 Å². The molecule has 2 N–H and O–H groups in total. The molecule has 2 atom stereocenters. The van der Waals surface area contributed by atoms with Gasteiger partial charge >= 0.3 is 19.8 Å². The highest BCUT2D eigenvalue weighted by atomic mass is 31.2. The predicted octanol–water partition coefficient (Wildman–Crippen LogP) is 11.4. The van der Waals surface area contributed by atoms with E-state index in [1.807, 2.05) is 0 Å². The molecule has 0 amide bonds. The van der Waals surface area contributed by atoms with Crippen molar-refractivity contribution in [1.29, 1.82) is 0 Å². The molecule has 0 saturated heterocycles. The smallest absolute Gasteiger partial charge is 0.462 e. The second-order valence-corrected chi connectivity index (χ2v) is 14.9. The van der Waals surface area contributed by atoms with E-state index in [9.17, 15) is 19.0 Å². The fourth-order valence-corrected chi connectivity index (χ4v) is 6.01. The Balaban J connectivity index is 4.34. The van der Waals surface area contributed by atoms with Crippen LogP contribution in [0.3, 0.4) is 0 Å². The van der Waals surface area contributed by atoms with Crippen molar-refractivity contribution in [1.82, 2.24) is 5.32 Å². The summed E-state index contributed by atoms with van der Waals surface area (Å²) in [6.45, 7) is 4.12. The summed E-state index contributed by atoms with van der Waals surface area (Å²) in [4.78, 5) is 35.0. The molecule has 9 nitrogen and oxygen atoms in total. The first-order valence-electron chi connectivity index (χ1n) is 20.6. The van der Waals surface area contributed by atoms with E-state index in [4.69, 9.17) is 18.5 Å². The quantitative estimate of drug-likeness (QED) is 0.0275. The van der Waals surface area contributed by atoms with Crippen molar-refractivity contribution in [3.63, 3.8) is 0 Å². The monoisotopic (exact) mass is 754 g/mol. The molecule has 302 valence electrons. The van der Waals surface area contributed by atoms with Crippen molar-refractivity contribution in [3.8, 4) is 0 Å². The van der Waals surface area contributed by atoms with Crippen molar-refractivity contribution in [3.05, 3.63) is 48.6 Å². The minimum Gasteiger partial charge on any atom is -0.462 e. The minimum absolute atomic E-state index is 0.0259. The molecular weight excluding hydrogens is 677 g/mol. The van der Waals surface area contributed by atoms with Gasteiger partial charge in [0.15, 0.2) is 6.10 Å². The molecule has 0 spiro atoms. The summed E-state index contributed by atoms with van der Waals surface area (Å²) in [6, 6.07) is 0. The van der Waals surface area contributed by atoms with Crippen LogP contribution in [0, 0.1) is 0 Å². The number of nitrogens with one attached hydrogen (secondary N) is 1. The van der Waals surface area contributed by atoms with Gasteiger partial charge in [-0.05, 0) is 84.1 Å². The molecule has 0 bridgehead atoms. The van der Waals surface area contributed by atoms with Crippen LogP contribution in [0.15, 0.2) is 48.6 Å². The zero-order valence-electron chi connectivity index (χ0n) is 33.2. The molecule has 0 aromatic rings. The zero-order valence-corrected chi connectivity index (χ0v) is 34.1. The first-order chi connectivity index (χ1) is 25.3. The second-order valence-electron chi connectivity index (χ2n) is 13.5. The van der Waals surface area contributed by atoms with Gasteiger partial charge in [0.05, 0.1) is 13.2 Å². The molecule has 10 heteroatoms. The van der Waals surface area contributed by atoms with Crippen molar-refractivity contribution < 1.29 is 37.6 Å². The van der Waals surface area contributed by atoms with Gasteiger partial charge in [-0.25, -0.2) is 4.57 Å². The fourth-order valence-electron chi connectivity index (χ4n) is 5.26. The molecule has 52 heavy (non-hydrogen) atoms. The number of allylic oxidation sites excluding steroid dienone is 8. The summed E-state index contributed by atoms with van der Waals surface area (Å²) in [6.07, 6.45) is 41.5. The van der Waals surface area contributed by atoms with Crippen LogP contribution in [0.5, 0.6) is 0 Å². The van der Waals surface area contributed by atoms with Crippen LogP contribution < -0.4 is 5.32 Å². The lowest BCUT2D eigenvalue weighted by molar-refractivity contribution is -0.161. The van der Waals surface area contributed by atoms with Crippen LogP contribution in [0.25, 0.3) is 0 Å². The van der Waals surface area contributed by atoms with E-state index >= 15 is 0 Å². The minimum atomic E-state index is -4.36. The Morgan fingerprint density at radius 2 is 1.04 bits per heavy atom. The molecule has 0 aliphatic heterocycles. The maximum Gasteiger partial charge on any atom is 0.472 e. The van der Waals surface area contributed by atoms with Gasteiger partial charge in [0, 0.05) is 19.4 Å². The van der Waals surface area contributed by atoms with Gasteiger partial charge in [0.2, 0.25) is 0 Å². The number of carbonyl (C=O) groups is 2. The number of rotatable bonds is 38. The van der Waals surface area contributed by atoms with E-state index in [1.165, 1.54) is 64.2 Å². The van der Waals surface area contributed by atoms with Gasteiger partial charge in [0.25, 0.3) is 0 Å². The Kier molecular flexibility index (Phi) is 37.2. The van der Waals surface area contributed by atoms with E-state index in [2.05, 4.69) is 67.8 Å². The van der Waals surface area contributed by atoms with Crippen LogP contribution in [-0.2, 0) is 32.7 Å². The van der Waals surface area contributed by atoms with Gasteiger partial charge in [-0.15, -0.1) is 0 Å². The molecule has 0 radical (unpaired) electrons.